The predicted octanol–water partition coefficient (Wildman–Crippen LogP) is 1.78. The fourth-order valence-electron chi connectivity index (χ4n) is 2.66. The highest BCUT2D eigenvalue weighted by atomic mass is 16.2. The van der Waals surface area contributed by atoms with Gasteiger partial charge in [0.15, 0.2) is 0 Å². The van der Waals surface area contributed by atoms with Crippen LogP contribution >= 0.6 is 0 Å². The number of hydrogen-bond acceptors (Lipinski definition) is 2. The quantitative estimate of drug-likeness (QED) is 0.772. The van der Waals surface area contributed by atoms with Crippen molar-refractivity contribution in [2.45, 2.75) is 51.5 Å². The minimum Gasteiger partial charge on any atom is -0.341 e. The van der Waals surface area contributed by atoms with Gasteiger partial charge >= 0.3 is 0 Å². The lowest BCUT2D eigenvalue weighted by molar-refractivity contribution is -0.133. The number of nitrogens with one attached hydrogen (secondary N) is 1. The molecule has 0 aromatic rings. The molecule has 0 aromatic carbocycles. The Morgan fingerprint density at radius 3 is 2.62 bits per heavy atom. The van der Waals surface area contributed by atoms with Crippen LogP contribution in [-0.4, -0.2) is 36.5 Å². The Morgan fingerprint density at radius 1 is 1.31 bits per heavy atom. The van der Waals surface area contributed by atoms with E-state index in [4.69, 9.17) is 0 Å². The smallest absolute Gasteiger partial charge is 0.222 e. The van der Waals surface area contributed by atoms with E-state index in [1.165, 1.54) is 32.1 Å². The van der Waals surface area contributed by atoms with Crippen molar-refractivity contribution in [1.29, 1.82) is 0 Å². The standard InChI is InChI=1S/C13H24N2O/c1-2-15(10-12-7-4-8-14-12)13(16)9-11-5-3-6-11/h11-12,14H,2-10H2,1H3. The first kappa shape index (κ1) is 11.9. The number of carbonyl (C=O) groups is 1. The topological polar surface area (TPSA) is 32.3 Å². The molecule has 3 heteroatoms. The van der Waals surface area contributed by atoms with Crippen LogP contribution in [0.25, 0.3) is 0 Å². The van der Waals surface area contributed by atoms with Gasteiger partial charge in [0.1, 0.15) is 0 Å². The lowest BCUT2D eigenvalue weighted by atomic mass is 9.82. The maximum atomic E-state index is 12.1. The highest BCUT2D eigenvalue weighted by Gasteiger charge is 2.25. The highest BCUT2D eigenvalue weighted by molar-refractivity contribution is 5.76. The number of hydrogen-bond donors (Lipinski definition) is 1. The lowest BCUT2D eigenvalue weighted by Gasteiger charge is -2.29. The molecule has 0 spiro atoms. The molecule has 2 rings (SSSR count). The summed E-state index contributed by atoms with van der Waals surface area (Å²) in [4.78, 5) is 14.1. The monoisotopic (exact) mass is 224 g/mol. The molecule has 0 bridgehead atoms. The van der Waals surface area contributed by atoms with Crippen LogP contribution in [0.3, 0.4) is 0 Å². The average molecular weight is 224 g/mol. The van der Waals surface area contributed by atoms with Crippen molar-refractivity contribution in [3.8, 4) is 0 Å². The zero-order valence-electron chi connectivity index (χ0n) is 10.4. The summed E-state index contributed by atoms with van der Waals surface area (Å²) in [6.45, 7) is 5.00. The van der Waals surface area contributed by atoms with Crippen molar-refractivity contribution < 1.29 is 4.79 Å². The van der Waals surface area contributed by atoms with E-state index in [0.29, 0.717) is 17.9 Å². The molecule has 0 radical (unpaired) electrons. The fraction of sp³-hybridized carbons (Fsp3) is 0.923. The zero-order chi connectivity index (χ0) is 11.4. The Balaban J connectivity index is 1.75. The van der Waals surface area contributed by atoms with Gasteiger partial charge in [-0.25, -0.2) is 0 Å². The fourth-order valence-corrected chi connectivity index (χ4v) is 2.66. The zero-order valence-corrected chi connectivity index (χ0v) is 10.4. The maximum Gasteiger partial charge on any atom is 0.222 e. The summed E-state index contributed by atoms with van der Waals surface area (Å²) in [6, 6.07) is 0.547. The first-order chi connectivity index (χ1) is 7.79. The van der Waals surface area contributed by atoms with E-state index in [-0.39, 0.29) is 0 Å². The Bertz CT molecular complexity index is 232. The molecular weight excluding hydrogens is 200 g/mol. The molecule has 1 N–H and O–H groups in total. The largest absolute Gasteiger partial charge is 0.341 e. The summed E-state index contributed by atoms with van der Waals surface area (Å²) in [6.07, 6.45) is 7.15. The van der Waals surface area contributed by atoms with Gasteiger partial charge < -0.3 is 10.2 Å². The average Bonchev–Trinajstić information content (AvgIpc) is 2.72. The van der Waals surface area contributed by atoms with Gasteiger partial charge in [-0.05, 0) is 45.1 Å². The van der Waals surface area contributed by atoms with Crippen LogP contribution in [0.1, 0.15) is 45.4 Å². The van der Waals surface area contributed by atoms with Crippen molar-refractivity contribution in [2.75, 3.05) is 19.6 Å². The van der Waals surface area contributed by atoms with Gasteiger partial charge in [-0.1, -0.05) is 6.42 Å². The summed E-state index contributed by atoms with van der Waals surface area (Å²) in [5.74, 6) is 1.07. The molecule has 0 aromatic heterocycles. The van der Waals surface area contributed by atoms with E-state index in [9.17, 15) is 4.79 Å². The second-order valence-corrected chi connectivity index (χ2v) is 5.23. The molecule has 1 amide bonds. The van der Waals surface area contributed by atoms with Crippen molar-refractivity contribution >= 4 is 5.91 Å². The second-order valence-electron chi connectivity index (χ2n) is 5.23. The van der Waals surface area contributed by atoms with Gasteiger partial charge in [0.25, 0.3) is 0 Å². The minimum atomic E-state index is 0.376. The summed E-state index contributed by atoms with van der Waals surface area (Å²) in [5, 5.41) is 3.46. The maximum absolute atomic E-state index is 12.1. The minimum absolute atomic E-state index is 0.376. The molecule has 1 atom stereocenters. The molecule has 1 unspecified atom stereocenters. The van der Waals surface area contributed by atoms with Crippen LogP contribution < -0.4 is 5.32 Å². The Morgan fingerprint density at radius 2 is 2.12 bits per heavy atom. The van der Waals surface area contributed by atoms with E-state index in [1.807, 2.05) is 4.90 Å². The van der Waals surface area contributed by atoms with Crippen LogP contribution in [0.5, 0.6) is 0 Å². The SMILES string of the molecule is CCN(CC1CCCN1)C(=O)CC1CCC1. The molecule has 1 aliphatic carbocycles. The van der Waals surface area contributed by atoms with Crippen LogP contribution in [-0.2, 0) is 4.79 Å². The number of amides is 1. The van der Waals surface area contributed by atoms with E-state index in [1.54, 1.807) is 0 Å². The van der Waals surface area contributed by atoms with Gasteiger partial charge in [0, 0.05) is 25.6 Å². The summed E-state index contributed by atoms with van der Waals surface area (Å²) >= 11 is 0. The van der Waals surface area contributed by atoms with Crippen molar-refractivity contribution in [3.63, 3.8) is 0 Å². The molecular formula is C13H24N2O. The third-order valence-corrected chi connectivity index (χ3v) is 4.03. The van der Waals surface area contributed by atoms with Crippen LogP contribution in [0.4, 0.5) is 0 Å². The van der Waals surface area contributed by atoms with Gasteiger partial charge in [-0.2, -0.15) is 0 Å². The van der Waals surface area contributed by atoms with Gasteiger partial charge in [-0.3, -0.25) is 4.79 Å². The highest BCUT2D eigenvalue weighted by Crippen LogP contribution is 2.29. The molecule has 1 saturated heterocycles. The van der Waals surface area contributed by atoms with Crippen molar-refractivity contribution in [2.24, 2.45) is 5.92 Å². The van der Waals surface area contributed by atoms with Crippen molar-refractivity contribution in [1.82, 2.24) is 10.2 Å². The van der Waals surface area contributed by atoms with Crippen LogP contribution in [0.2, 0.25) is 0 Å². The third-order valence-electron chi connectivity index (χ3n) is 4.03. The molecule has 92 valence electrons. The first-order valence-electron chi connectivity index (χ1n) is 6.80. The molecule has 2 aliphatic rings. The molecule has 2 fully saturated rings. The normalized spacial score (nSPS) is 25.4. The number of nitrogens with zero attached hydrogens (tertiary/aromatic N) is 1. The Kier molecular flexibility index (Phi) is 4.22. The van der Waals surface area contributed by atoms with E-state index in [2.05, 4.69) is 12.2 Å². The first-order valence-corrected chi connectivity index (χ1v) is 6.80. The van der Waals surface area contributed by atoms with Gasteiger partial charge in [0.05, 0.1) is 0 Å². The Hall–Kier alpha value is -0.570. The second kappa shape index (κ2) is 5.67. The molecule has 1 saturated carbocycles. The Labute approximate surface area is 98.6 Å². The lowest BCUT2D eigenvalue weighted by Crippen LogP contribution is -2.41. The predicted molar refractivity (Wildman–Crippen MR) is 65.2 cm³/mol. The van der Waals surface area contributed by atoms with E-state index in [0.717, 1.165) is 26.1 Å². The number of rotatable bonds is 5. The van der Waals surface area contributed by atoms with E-state index < -0.39 is 0 Å². The van der Waals surface area contributed by atoms with E-state index >= 15 is 0 Å². The summed E-state index contributed by atoms with van der Waals surface area (Å²) in [7, 11) is 0. The third kappa shape index (κ3) is 2.97. The van der Waals surface area contributed by atoms with Crippen LogP contribution in [0.15, 0.2) is 0 Å². The molecule has 1 heterocycles. The van der Waals surface area contributed by atoms with Crippen molar-refractivity contribution in [3.05, 3.63) is 0 Å². The molecule has 16 heavy (non-hydrogen) atoms. The summed E-state index contributed by atoms with van der Waals surface area (Å²) in [5.41, 5.74) is 0. The van der Waals surface area contributed by atoms with Gasteiger partial charge in [0.2, 0.25) is 5.91 Å². The van der Waals surface area contributed by atoms with Gasteiger partial charge in [-0.15, -0.1) is 0 Å². The molecule has 3 nitrogen and oxygen atoms in total. The van der Waals surface area contributed by atoms with Crippen LogP contribution in [0, 0.1) is 5.92 Å². The number of carbonyl (C=O) groups excluding carboxylic acids is 1. The summed E-state index contributed by atoms with van der Waals surface area (Å²) < 4.78 is 0. The number of likely N-dealkylation sites (N-methyl/N-ethyl adjacent to an activating group) is 1. The molecule has 1 aliphatic heterocycles.